The van der Waals surface area contributed by atoms with Gasteiger partial charge in [0.1, 0.15) is 16.5 Å². The molecule has 10 heteroatoms. The highest BCUT2D eigenvalue weighted by atomic mass is 32.2. The van der Waals surface area contributed by atoms with E-state index in [0.29, 0.717) is 29.7 Å². The number of anilines is 1. The molecule has 2 aromatic rings. The number of aryl methyl sites for hydroxylation is 1. The van der Waals surface area contributed by atoms with E-state index >= 15 is 0 Å². The molecular weight excluding hydrogens is 408 g/mol. The molecule has 162 valence electrons. The van der Waals surface area contributed by atoms with Crippen LogP contribution in [0.15, 0.2) is 23.1 Å². The van der Waals surface area contributed by atoms with Gasteiger partial charge in [0.15, 0.2) is 0 Å². The highest BCUT2D eigenvalue weighted by Gasteiger charge is 2.29. The molecule has 1 aromatic carbocycles. The summed E-state index contributed by atoms with van der Waals surface area (Å²) in [4.78, 5) is 24.5. The molecule has 30 heavy (non-hydrogen) atoms. The average Bonchev–Trinajstić information content (AvgIpc) is 3.02. The fourth-order valence-corrected chi connectivity index (χ4v) is 4.81. The summed E-state index contributed by atoms with van der Waals surface area (Å²) in [6.07, 6.45) is 1.26. The molecule has 1 aliphatic rings. The van der Waals surface area contributed by atoms with Crippen molar-refractivity contribution in [1.29, 1.82) is 0 Å². The molecule has 0 bridgehead atoms. The third-order valence-corrected chi connectivity index (χ3v) is 6.67. The molecule has 0 spiro atoms. The molecule has 3 rings (SSSR count). The third-order valence-electron chi connectivity index (χ3n) is 5.06. The van der Waals surface area contributed by atoms with Gasteiger partial charge in [0, 0.05) is 24.4 Å². The monoisotopic (exact) mass is 434 g/mol. The lowest BCUT2D eigenvalue weighted by Crippen LogP contribution is -2.32. The van der Waals surface area contributed by atoms with Crippen molar-refractivity contribution in [3.8, 4) is 16.9 Å². The fraction of sp³-hybridized carbons (Fsp3) is 0.450. The third kappa shape index (κ3) is 4.10. The zero-order valence-electron chi connectivity index (χ0n) is 17.5. The first-order valence-electron chi connectivity index (χ1n) is 9.87. The lowest BCUT2D eigenvalue weighted by Gasteiger charge is -2.16. The molecule has 2 heterocycles. The van der Waals surface area contributed by atoms with Crippen molar-refractivity contribution >= 4 is 27.7 Å². The topological polar surface area (TPSA) is 119 Å². The van der Waals surface area contributed by atoms with Crippen LogP contribution in [0, 0.1) is 0 Å². The van der Waals surface area contributed by atoms with Gasteiger partial charge in [-0.3, -0.25) is 9.59 Å². The summed E-state index contributed by atoms with van der Waals surface area (Å²) >= 11 is 0. The van der Waals surface area contributed by atoms with Gasteiger partial charge in [-0.25, -0.2) is 13.1 Å². The number of ether oxygens (including phenoxy) is 1. The van der Waals surface area contributed by atoms with Gasteiger partial charge in [0.05, 0.1) is 12.8 Å². The number of amides is 1. The van der Waals surface area contributed by atoms with Gasteiger partial charge in [0.25, 0.3) is 0 Å². The maximum absolute atomic E-state index is 13.0. The van der Waals surface area contributed by atoms with Crippen LogP contribution in [0.2, 0.25) is 0 Å². The summed E-state index contributed by atoms with van der Waals surface area (Å²) in [5, 5.41) is 7.12. The number of hydrogen-bond donors (Lipinski definition) is 2. The van der Waals surface area contributed by atoms with E-state index in [0.717, 1.165) is 0 Å². The van der Waals surface area contributed by atoms with Gasteiger partial charge >= 0.3 is 0 Å². The Bertz CT molecular complexity index is 1090. The van der Waals surface area contributed by atoms with Gasteiger partial charge in [-0.15, -0.1) is 0 Å². The molecule has 1 atom stereocenters. The zero-order valence-corrected chi connectivity index (χ0v) is 18.3. The Balaban J connectivity index is 2.20. The largest absolute Gasteiger partial charge is 0.495 e. The van der Waals surface area contributed by atoms with E-state index < -0.39 is 10.0 Å². The molecule has 0 unspecified atom stereocenters. The standard InChI is InChI=1S/C20H26N4O5S/c1-5-12(3)23-30(27,28)16-11-13(7-8-15(16)29-4)19-14(6-2)22-24-18(26)10-9-17(25)21-20(19)24/h7-8,11-12,23H,5-6,9-10H2,1-4H3,(H,21,25)/t12-/m1/s1. The van der Waals surface area contributed by atoms with Crippen LogP contribution < -0.4 is 14.8 Å². The van der Waals surface area contributed by atoms with E-state index in [9.17, 15) is 18.0 Å². The van der Waals surface area contributed by atoms with Crippen molar-refractivity contribution in [2.75, 3.05) is 12.4 Å². The van der Waals surface area contributed by atoms with Crippen LogP contribution >= 0.6 is 0 Å². The van der Waals surface area contributed by atoms with E-state index in [4.69, 9.17) is 4.74 Å². The highest BCUT2D eigenvalue weighted by molar-refractivity contribution is 7.89. The van der Waals surface area contributed by atoms with Crippen molar-refractivity contribution < 1.29 is 22.7 Å². The summed E-state index contributed by atoms with van der Waals surface area (Å²) in [5.41, 5.74) is 1.64. The van der Waals surface area contributed by atoms with Gasteiger partial charge in [-0.1, -0.05) is 19.9 Å². The van der Waals surface area contributed by atoms with E-state index in [2.05, 4.69) is 15.1 Å². The summed E-state index contributed by atoms with van der Waals surface area (Å²) in [6.45, 7) is 5.54. The number of nitrogens with zero attached hydrogens (tertiary/aromatic N) is 2. The fourth-order valence-electron chi connectivity index (χ4n) is 3.28. The van der Waals surface area contributed by atoms with Gasteiger partial charge < -0.3 is 10.1 Å². The molecule has 0 saturated carbocycles. The van der Waals surface area contributed by atoms with Crippen LogP contribution in [0.3, 0.4) is 0 Å². The first kappa shape index (κ1) is 22.0. The number of nitrogens with one attached hydrogen (secondary N) is 2. The number of aromatic nitrogens is 2. The van der Waals surface area contributed by atoms with Crippen LogP contribution in [0.4, 0.5) is 5.82 Å². The second-order valence-electron chi connectivity index (χ2n) is 7.17. The normalized spacial score (nSPS) is 15.3. The summed E-state index contributed by atoms with van der Waals surface area (Å²) in [7, 11) is -2.45. The predicted molar refractivity (Wildman–Crippen MR) is 112 cm³/mol. The Hall–Kier alpha value is -2.72. The molecule has 1 amide bonds. The Morgan fingerprint density at radius 3 is 2.63 bits per heavy atom. The first-order valence-corrected chi connectivity index (χ1v) is 11.4. The zero-order chi connectivity index (χ0) is 22.1. The molecule has 0 saturated heterocycles. The molecule has 1 aromatic heterocycles. The SMILES string of the molecule is CCc1nn2c(c1-c1ccc(OC)c(S(=O)(=O)N[C@H](C)CC)c1)NC(=O)CCC2=O. The van der Waals surface area contributed by atoms with Gasteiger partial charge in [-0.2, -0.15) is 9.78 Å². The minimum atomic E-state index is -3.85. The van der Waals surface area contributed by atoms with E-state index in [1.807, 2.05) is 13.8 Å². The van der Waals surface area contributed by atoms with E-state index in [-0.39, 0.29) is 47.2 Å². The van der Waals surface area contributed by atoms with Crippen molar-refractivity contribution in [3.63, 3.8) is 0 Å². The minimum Gasteiger partial charge on any atom is -0.495 e. The minimum absolute atomic E-state index is 0.0175. The Labute approximate surface area is 175 Å². The maximum atomic E-state index is 13.0. The predicted octanol–water partition coefficient (Wildman–Crippen LogP) is 2.57. The number of sulfonamides is 1. The number of hydrogen-bond acceptors (Lipinski definition) is 6. The smallest absolute Gasteiger partial charge is 0.249 e. The molecule has 0 radical (unpaired) electrons. The molecule has 1 aliphatic heterocycles. The first-order chi connectivity index (χ1) is 14.2. The van der Waals surface area contributed by atoms with Crippen molar-refractivity contribution in [2.24, 2.45) is 0 Å². The number of carbonyl (C=O) groups excluding carboxylic acids is 2. The second kappa shape index (κ2) is 8.57. The van der Waals surface area contributed by atoms with Gasteiger partial charge in [0.2, 0.25) is 21.8 Å². The van der Waals surface area contributed by atoms with Crippen LogP contribution in [0.5, 0.6) is 5.75 Å². The van der Waals surface area contributed by atoms with Crippen molar-refractivity contribution in [2.45, 2.75) is 57.4 Å². The molecular formula is C20H26N4O5S. The summed E-state index contributed by atoms with van der Waals surface area (Å²) < 4.78 is 35.1. The summed E-state index contributed by atoms with van der Waals surface area (Å²) in [5.74, 6) is -0.108. The maximum Gasteiger partial charge on any atom is 0.249 e. The quantitative estimate of drug-likeness (QED) is 0.691. The average molecular weight is 435 g/mol. The number of carbonyl (C=O) groups is 2. The van der Waals surface area contributed by atoms with E-state index in [1.54, 1.807) is 19.1 Å². The van der Waals surface area contributed by atoms with Crippen LogP contribution in [-0.4, -0.2) is 43.2 Å². The van der Waals surface area contributed by atoms with Crippen LogP contribution in [0.25, 0.3) is 11.1 Å². The molecule has 0 fully saturated rings. The van der Waals surface area contributed by atoms with Crippen LogP contribution in [0.1, 0.15) is 50.5 Å². The van der Waals surface area contributed by atoms with Gasteiger partial charge in [-0.05, 0) is 37.5 Å². The van der Waals surface area contributed by atoms with Crippen molar-refractivity contribution in [3.05, 3.63) is 23.9 Å². The van der Waals surface area contributed by atoms with Crippen LogP contribution in [-0.2, 0) is 21.2 Å². The Kier molecular flexibility index (Phi) is 6.27. The molecule has 2 N–H and O–H groups in total. The number of methoxy groups -OCH3 is 1. The van der Waals surface area contributed by atoms with Crippen molar-refractivity contribution in [1.82, 2.24) is 14.5 Å². The molecule has 0 aliphatic carbocycles. The van der Waals surface area contributed by atoms with E-state index in [1.165, 1.54) is 17.9 Å². The number of fused-ring (bicyclic) bond motifs is 1. The summed E-state index contributed by atoms with van der Waals surface area (Å²) in [6, 6.07) is 4.49. The Morgan fingerprint density at radius 1 is 1.27 bits per heavy atom. The number of rotatable bonds is 7. The number of benzene rings is 1. The second-order valence-corrected chi connectivity index (χ2v) is 8.86. The highest BCUT2D eigenvalue weighted by Crippen LogP contribution is 2.37. The molecule has 9 nitrogen and oxygen atoms in total. The lowest BCUT2D eigenvalue weighted by atomic mass is 10.0. The lowest BCUT2D eigenvalue weighted by molar-refractivity contribution is -0.116. The Morgan fingerprint density at radius 2 is 2.00 bits per heavy atom.